The maximum Gasteiger partial charge on any atom is 0.245 e. The summed E-state index contributed by atoms with van der Waals surface area (Å²) in [5.41, 5.74) is 6.35. The molecule has 1 aromatic heterocycles. The highest BCUT2D eigenvalue weighted by atomic mass is 16.5. The zero-order valence-corrected chi connectivity index (χ0v) is 11.7. The second-order valence-corrected chi connectivity index (χ2v) is 4.63. The average Bonchev–Trinajstić information content (AvgIpc) is 2.52. The van der Waals surface area contributed by atoms with E-state index in [1.54, 1.807) is 12.3 Å². The van der Waals surface area contributed by atoms with Gasteiger partial charge in [0.2, 0.25) is 11.9 Å². The molecule has 1 amide bonds. The molecular weight excluding hydrogens is 258 g/mol. The molecule has 7 nitrogen and oxygen atoms in total. The van der Waals surface area contributed by atoms with Crippen LogP contribution in [0.4, 0.5) is 5.95 Å². The highest BCUT2D eigenvalue weighted by Crippen LogP contribution is 2.15. The molecule has 1 aromatic rings. The van der Waals surface area contributed by atoms with Crippen LogP contribution in [0.25, 0.3) is 0 Å². The molecule has 2 heterocycles. The van der Waals surface area contributed by atoms with Gasteiger partial charge in [0.15, 0.2) is 0 Å². The third kappa shape index (κ3) is 3.43. The molecule has 0 radical (unpaired) electrons. The summed E-state index contributed by atoms with van der Waals surface area (Å²) in [4.78, 5) is 22.7. The molecule has 2 rings (SSSR count). The van der Waals surface area contributed by atoms with Crippen LogP contribution in [-0.4, -0.2) is 48.2 Å². The quantitative estimate of drug-likeness (QED) is 0.766. The Balaban J connectivity index is 2.15. The van der Waals surface area contributed by atoms with Gasteiger partial charge < -0.3 is 20.7 Å². The van der Waals surface area contributed by atoms with Crippen molar-refractivity contribution in [2.75, 3.05) is 31.2 Å². The van der Waals surface area contributed by atoms with E-state index in [2.05, 4.69) is 15.3 Å². The van der Waals surface area contributed by atoms with Crippen molar-refractivity contribution in [1.82, 2.24) is 15.3 Å². The summed E-state index contributed by atoms with van der Waals surface area (Å²) in [5.74, 6) is 0.487. The number of amides is 1. The van der Waals surface area contributed by atoms with Crippen LogP contribution >= 0.6 is 0 Å². The van der Waals surface area contributed by atoms with Gasteiger partial charge in [-0.2, -0.15) is 0 Å². The molecule has 0 bridgehead atoms. The molecule has 1 aliphatic heterocycles. The molecule has 1 saturated heterocycles. The standard InChI is InChI=1S/C13H21N5O2/c1-2-4-15-12(19)11-9-20-7-6-18(11)13-16-5-3-10(8-14)17-13/h3,5,11H,2,4,6-9,14H2,1H3,(H,15,19). The number of nitrogens with one attached hydrogen (secondary N) is 1. The number of rotatable bonds is 5. The summed E-state index contributed by atoms with van der Waals surface area (Å²) in [5, 5.41) is 2.89. The smallest absolute Gasteiger partial charge is 0.245 e. The largest absolute Gasteiger partial charge is 0.377 e. The predicted molar refractivity (Wildman–Crippen MR) is 75.2 cm³/mol. The first-order valence-electron chi connectivity index (χ1n) is 6.90. The van der Waals surface area contributed by atoms with Crippen molar-refractivity contribution in [3.63, 3.8) is 0 Å². The minimum Gasteiger partial charge on any atom is -0.377 e. The van der Waals surface area contributed by atoms with E-state index >= 15 is 0 Å². The highest BCUT2D eigenvalue weighted by molar-refractivity contribution is 5.85. The van der Waals surface area contributed by atoms with Crippen molar-refractivity contribution < 1.29 is 9.53 Å². The maximum atomic E-state index is 12.2. The zero-order chi connectivity index (χ0) is 14.4. The van der Waals surface area contributed by atoms with Gasteiger partial charge in [-0.15, -0.1) is 0 Å². The lowest BCUT2D eigenvalue weighted by Crippen LogP contribution is -2.54. The van der Waals surface area contributed by atoms with Crippen molar-refractivity contribution in [1.29, 1.82) is 0 Å². The van der Waals surface area contributed by atoms with Crippen molar-refractivity contribution in [2.45, 2.75) is 25.9 Å². The van der Waals surface area contributed by atoms with Crippen molar-refractivity contribution in [3.8, 4) is 0 Å². The number of nitrogens with two attached hydrogens (primary N) is 1. The topological polar surface area (TPSA) is 93.4 Å². The number of carbonyl (C=O) groups excluding carboxylic acids is 1. The van der Waals surface area contributed by atoms with Crippen LogP contribution in [0.3, 0.4) is 0 Å². The van der Waals surface area contributed by atoms with Gasteiger partial charge in [0.1, 0.15) is 6.04 Å². The number of carbonyl (C=O) groups is 1. The fourth-order valence-electron chi connectivity index (χ4n) is 2.06. The maximum absolute atomic E-state index is 12.2. The summed E-state index contributed by atoms with van der Waals surface area (Å²) in [6.45, 7) is 4.54. The van der Waals surface area contributed by atoms with E-state index in [1.165, 1.54) is 0 Å². The van der Waals surface area contributed by atoms with Crippen LogP contribution in [0.2, 0.25) is 0 Å². The van der Waals surface area contributed by atoms with Crippen LogP contribution < -0.4 is 16.0 Å². The van der Waals surface area contributed by atoms with Crippen molar-refractivity contribution in [3.05, 3.63) is 18.0 Å². The molecule has 110 valence electrons. The number of anilines is 1. The lowest BCUT2D eigenvalue weighted by molar-refractivity contribution is -0.124. The van der Waals surface area contributed by atoms with E-state index < -0.39 is 0 Å². The van der Waals surface area contributed by atoms with E-state index in [0.29, 0.717) is 38.8 Å². The fourth-order valence-corrected chi connectivity index (χ4v) is 2.06. The Hall–Kier alpha value is -1.73. The molecular formula is C13H21N5O2. The lowest BCUT2D eigenvalue weighted by Gasteiger charge is -2.34. The summed E-state index contributed by atoms with van der Waals surface area (Å²) in [6, 6.07) is 1.39. The minimum absolute atomic E-state index is 0.0479. The van der Waals surface area contributed by atoms with Gasteiger partial charge in [0, 0.05) is 25.8 Å². The Kier molecular flexibility index (Phi) is 5.25. The molecule has 1 unspecified atom stereocenters. The van der Waals surface area contributed by atoms with Crippen LogP contribution in [0.15, 0.2) is 12.3 Å². The molecule has 0 aliphatic carbocycles. The number of ether oxygens (including phenoxy) is 1. The van der Waals surface area contributed by atoms with Crippen LogP contribution in [-0.2, 0) is 16.1 Å². The molecule has 3 N–H and O–H groups in total. The van der Waals surface area contributed by atoms with E-state index in [1.807, 2.05) is 11.8 Å². The van der Waals surface area contributed by atoms with Gasteiger partial charge in [0.05, 0.1) is 18.9 Å². The Morgan fingerprint density at radius 3 is 3.25 bits per heavy atom. The van der Waals surface area contributed by atoms with Crippen molar-refractivity contribution in [2.24, 2.45) is 5.73 Å². The Morgan fingerprint density at radius 2 is 2.50 bits per heavy atom. The van der Waals surface area contributed by atoms with E-state index in [0.717, 1.165) is 12.1 Å². The van der Waals surface area contributed by atoms with E-state index in [-0.39, 0.29) is 11.9 Å². The van der Waals surface area contributed by atoms with Gasteiger partial charge in [-0.1, -0.05) is 6.92 Å². The molecule has 0 aromatic carbocycles. The van der Waals surface area contributed by atoms with E-state index in [4.69, 9.17) is 10.5 Å². The summed E-state index contributed by atoms with van der Waals surface area (Å²) < 4.78 is 5.41. The third-order valence-electron chi connectivity index (χ3n) is 3.15. The normalized spacial score (nSPS) is 18.9. The summed E-state index contributed by atoms with van der Waals surface area (Å²) in [6.07, 6.45) is 2.57. The first-order valence-corrected chi connectivity index (χ1v) is 6.90. The molecule has 1 aliphatic rings. The monoisotopic (exact) mass is 279 g/mol. The molecule has 20 heavy (non-hydrogen) atoms. The van der Waals surface area contributed by atoms with Crippen molar-refractivity contribution >= 4 is 11.9 Å². The minimum atomic E-state index is -0.386. The Bertz CT molecular complexity index is 454. The number of hydrogen-bond donors (Lipinski definition) is 2. The SMILES string of the molecule is CCCNC(=O)C1COCCN1c1nccc(CN)n1. The molecule has 1 atom stereocenters. The fraction of sp³-hybridized carbons (Fsp3) is 0.615. The van der Waals surface area contributed by atoms with Crippen LogP contribution in [0.5, 0.6) is 0 Å². The molecule has 7 heteroatoms. The van der Waals surface area contributed by atoms with E-state index in [9.17, 15) is 4.79 Å². The number of nitrogens with zero attached hydrogens (tertiary/aromatic N) is 3. The van der Waals surface area contributed by atoms with Gasteiger partial charge >= 0.3 is 0 Å². The van der Waals surface area contributed by atoms with Gasteiger partial charge in [-0.3, -0.25) is 4.79 Å². The summed E-state index contributed by atoms with van der Waals surface area (Å²) in [7, 11) is 0. The van der Waals surface area contributed by atoms with Crippen LogP contribution in [0.1, 0.15) is 19.0 Å². The van der Waals surface area contributed by atoms with Gasteiger partial charge in [-0.25, -0.2) is 9.97 Å². The third-order valence-corrected chi connectivity index (χ3v) is 3.15. The first-order chi connectivity index (χ1) is 9.76. The average molecular weight is 279 g/mol. The van der Waals surface area contributed by atoms with Gasteiger partial charge in [0.25, 0.3) is 0 Å². The number of morpholine rings is 1. The Labute approximate surface area is 118 Å². The predicted octanol–water partition coefficient (Wildman–Crippen LogP) is -0.333. The highest BCUT2D eigenvalue weighted by Gasteiger charge is 2.31. The number of hydrogen-bond acceptors (Lipinski definition) is 6. The molecule has 0 saturated carbocycles. The second-order valence-electron chi connectivity index (χ2n) is 4.63. The zero-order valence-electron chi connectivity index (χ0n) is 11.7. The summed E-state index contributed by atoms with van der Waals surface area (Å²) >= 11 is 0. The number of aromatic nitrogens is 2. The molecule has 0 spiro atoms. The lowest BCUT2D eigenvalue weighted by atomic mass is 10.2. The first kappa shape index (κ1) is 14.7. The molecule has 1 fully saturated rings. The second kappa shape index (κ2) is 7.16. The van der Waals surface area contributed by atoms with Gasteiger partial charge in [-0.05, 0) is 12.5 Å². The van der Waals surface area contributed by atoms with Crippen LogP contribution in [0, 0.1) is 0 Å². The Morgan fingerprint density at radius 1 is 1.65 bits per heavy atom.